The lowest BCUT2D eigenvalue weighted by atomic mass is 10.0. The van der Waals surface area contributed by atoms with Gasteiger partial charge in [-0.1, -0.05) is 11.8 Å². The molecule has 0 atom stereocenters. The fourth-order valence-corrected chi connectivity index (χ4v) is 4.44. The lowest BCUT2D eigenvalue weighted by molar-refractivity contribution is 0.446. The fraction of sp³-hybridized carbons (Fsp3) is 0.583. The summed E-state index contributed by atoms with van der Waals surface area (Å²) in [6.07, 6.45) is 2.23. The van der Waals surface area contributed by atoms with Gasteiger partial charge in [0.2, 0.25) is 0 Å². The predicted octanol–water partition coefficient (Wildman–Crippen LogP) is 3.91. The van der Waals surface area contributed by atoms with Gasteiger partial charge in [0, 0.05) is 29.1 Å². The minimum atomic E-state index is 0.204. The Bertz CT molecular complexity index is 412. The summed E-state index contributed by atoms with van der Waals surface area (Å²) in [5.41, 5.74) is 0.204. The Kier molecular flexibility index (Phi) is 4.55. The number of hydrogen-bond acceptors (Lipinski definition) is 3. The third kappa shape index (κ3) is 4.30. The summed E-state index contributed by atoms with van der Waals surface area (Å²) in [7, 11) is 0. The molecule has 0 saturated carbocycles. The third-order valence-corrected chi connectivity index (χ3v) is 5.25. The molecule has 1 aromatic rings. The summed E-state index contributed by atoms with van der Waals surface area (Å²) in [5, 5.41) is 4.60. The van der Waals surface area contributed by atoms with Crippen molar-refractivity contribution in [3.05, 3.63) is 20.8 Å². The number of aliphatic imine (C=N–C) groups is 1. The lowest BCUT2D eigenvalue weighted by Gasteiger charge is -2.32. The van der Waals surface area contributed by atoms with E-state index in [1.165, 1.54) is 20.8 Å². The van der Waals surface area contributed by atoms with Gasteiger partial charge in [-0.25, -0.2) is 0 Å². The molecule has 1 fully saturated rings. The van der Waals surface area contributed by atoms with E-state index in [0.29, 0.717) is 0 Å². The molecule has 0 aromatic carbocycles. The van der Waals surface area contributed by atoms with Crippen LogP contribution in [0.3, 0.4) is 0 Å². The summed E-state index contributed by atoms with van der Waals surface area (Å²) in [5.74, 6) is 1.17. The van der Waals surface area contributed by atoms with Crippen molar-refractivity contribution in [2.75, 3.05) is 12.3 Å². The molecule has 0 bridgehead atoms. The van der Waals surface area contributed by atoms with Crippen LogP contribution in [-0.2, 0) is 6.42 Å². The van der Waals surface area contributed by atoms with Crippen molar-refractivity contribution in [1.29, 1.82) is 0 Å². The van der Waals surface area contributed by atoms with Crippen LogP contribution in [-0.4, -0.2) is 23.0 Å². The first-order valence-electron chi connectivity index (χ1n) is 5.75. The quantitative estimate of drug-likeness (QED) is 0.907. The van der Waals surface area contributed by atoms with Crippen LogP contribution < -0.4 is 5.32 Å². The van der Waals surface area contributed by atoms with E-state index in [1.807, 2.05) is 11.8 Å². The van der Waals surface area contributed by atoms with Crippen molar-refractivity contribution in [2.24, 2.45) is 4.99 Å². The van der Waals surface area contributed by atoms with Crippen LogP contribution in [0.5, 0.6) is 0 Å². The van der Waals surface area contributed by atoms with E-state index in [2.05, 4.69) is 52.2 Å². The van der Waals surface area contributed by atoms with Crippen molar-refractivity contribution in [2.45, 2.75) is 32.2 Å². The zero-order valence-electron chi connectivity index (χ0n) is 10.1. The number of halogens is 1. The maximum Gasteiger partial charge on any atom is 0.156 e. The highest BCUT2D eigenvalue weighted by atomic mass is 79.9. The van der Waals surface area contributed by atoms with Crippen LogP contribution in [0.4, 0.5) is 0 Å². The van der Waals surface area contributed by atoms with Crippen LogP contribution in [0.1, 0.15) is 25.1 Å². The molecule has 2 nitrogen and oxygen atoms in total. The van der Waals surface area contributed by atoms with E-state index < -0.39 is 0 Å². The SMILES string of the molecule is CC1(C)CCSC(=NCCc2ccc(Br)s2)N1. The van der Waals surface area contributed by atoms with Crippen LogP contribution in [0, 0.1) is 0 Å². The highest BCUT2D eigenvalue weighted by molar-refractivity contribution is 9.11. The van der Waals surface area contributed by atoms with Gasteiger partial charge in [-0.2, -0.15) is 0 Å². The molecule has 1 aliphatic heterocycles. The largest absolute Gasteiger partial charge is 0.360 e. The average molecular weight is 333 g/mol. The average Bonchev–Trinajstić information content (AvgIpc) is 2.63. The van der Waals surface area contributed by atoms with Gasteiger partial charge in [0.1, 0.15) is 0 Å². The normalized spacial score (nSPS) is 21.5. The van der Waals surface area contributed by atoms with E-state index in [9.17, 15) is 0 Å². The number of rotatable bonds is 3. The maximum atomic E-state index is 4.64. The van der Waals surface area contributed by atoms with Gasteiger partial charge in [-0.05, 0) is 48.3 Å². The number of hydrogen-bond donors (Lipinski definition) is 1. The number of nitrogens with one attached hydrogen (secondary N) is 1. The number of nitrogens with zero attached hydrogens (tertiary/aromatic N) is 1. The van der Waals surface area contributed by atoms with Crippen molar-refractivity contribution >= 4 is 44.2 Å². The molecule has 94 valence electrons. The molecule has 1 saturated heterocycles. The summed E-state index contributed by atoms with van der Waals surface area (Å²) in [6.45, 7) is 5.34. The van der Waals surface area contributed by atoms with Gasteiger partial charge >= 0.3 is 0 Å². The van der Waals surface area contributed by atoms with Gasteiger partial charge in [-0.15, -0.1) is 11.3 Å². The standard InChI is InChI=1S/C12H17BrN2S2/c1-12(2)6-8-16-11(15-12)14-7-5-9-3-4-10(13)17-9/h3-4H,5-8H2,1-2H3,(H,14,15). The number of thiophene rings is 1. The van der Waals surface area contributed by atoms with E-state index in [4.69, 9.17) is 0 Å². The molecule has 0 aliphatic carbocycles. The fourth-order valence-electron chi connectivity index (χ4n) is 1.63. The van der Waals surface area contributed by atoms with Gasteiger partial charge in [0.05, 0.1) is 3.79 Å². The predicted molar refractivity (Wildman–Crippen MR) is 82.3 cm³/mol. The minimum absolute atomic E-state index is 0.204. The smallest absolute Gasteiger partial charge is 0.156 e. The summed E-state index contributed by atoms with van der Waals surface area (Å²) in [4.78, 5) is 6.03. The molecule has 0 spiro atoms. The summed E-state index contributed by atoms with van der Waals surface area (Å²) >= 11 is 7.11. The number of thioether (sulfide) groups is 1. The number of amidine groups is 1. The Hall–Kier alpha value is -0.0000000000000000278. The van der Waals surface area contributed by atoms with Crippen LogP contribution in [0.15, 0.2) is 20.9 Å². The molecule has 2 heterocycles. The van der Waals surface area contributed by atoms with Crippen molar-refractivity contribution in [3.8, 4) is 0 Å². The first-order chi connectivity index (χ1) is 8.05. The molecular weight excluding hydrogens is 316 g/mol. The molecule has 17 heavy (non-hydrogen) atoms. The van der Waals surface area contributed by atoms with Gasteiger partial charge in [-0.3, -0.25) is 4.99 Å². The highest BCUT2D eigenvalue weighted by Crippen LogP contribution is 2.23. The lowest BCUT2D eigenvalue weighted by Crippen LogP contribution is -2.46. The van der Waals surface area contributed by atoms with Crippen molar-refractivity contribution in [1.82, 2.24) is 5.32 Å². The van der Waals surface area contributed by atoms with E-state index >= 15 is 0 Å². The van der Waals surface area contributed by atoms with Crippen LogP contribution in [0.25, 0.3) is 0 Å². The Labute approximate surface area is 119 Å². The molecule has 5 heteroatoms. The second-order valence-electron chi connectivity index (χ2n) is 4.75. The van der Waals surface area contributed by atoms with E-state index in [-0.39, 0.29) is 5.54 Å². The molecule has 2 rings (SSSR count). The summed E-state index contributed by atoms with van der Waals surface area (Å²) < 4.78 is 1.20. The molecule has 1 N–H and O–H groups in total. The monoisotopic (exact) mass is 332 g/mol. The van der Waals surface area contributed by atoms with Crippen LogP contribution >= 0.6 is 39.0 Å². The van der Waals surface area contributed by atoms with Gasteiger partial charge in [0.15, 0.2) is 5.17 Å². The Balaban J connectivity index is 1.84. The maximum absolute atomic E-state index is 4.64. The van der Waals surface area contributed by atoms with E-state index in [1.54, 1.807) is 11.3 Å². The zero-order valence-corrected chi connectivity index (χ0v) is 13.3. The van der Waals surface area contributed by atoms with E-state index in [0.717, 1.165) is 18.1 Å². The Morgan fingerprint density at radius 1 is 1.47 bits per heavy atom. The Morgan fingerprint density at radius 3 is 2.94 bits per heavy atom. The summed E-state index contributed by atoms with van der Waals surface area (Å²) in [6, 6.07) is 4.27. The van der Waals surface area contributed by atoms with Crippen LogP contribution in [0.2, 0.25) is 0 Å². The van der Waals surface area contributed by atoms with Gasteiger partial charge in [0.25, 0.3) is 0 Å². The highest BCUT2D eigenvalue weighted by Gasteiger charge is 2.23. The zero-order chi connectivity index (χ0) is 12.3. The second-order valence-corrected chi connectivity index (χ2v) is 8.38. The third-order valence-electron chi connectivity index (χ3n) is 2.65. The Morgan fingerprint density at radius 2 is 2.29 bits per heavy atom. The molecule has 0 radical (unpaired) electrons. The molecule has 0 amide bonds. The topological polar surface area (TPSA) is 24.4 Å². The molecule has 0 unspecified atom stereocenters. The minimum Gasteiger partial charge on any atom is -0.360 e. The first kappa shape index (κ1) is 13.4. The molecule has 1 aromatic heterocycles. The van der Waals surface area contributed by atoms with Crippen molar-refractivity contribution in [3.63, 3.8) is 0 Å². The van der Waals surface area contributed by atoms with Crippen molar-refractivity contribution < 1.29 is 0 Å². The first-order valence-corrected chi connectivity index (χ1v) is 8.34. The molecule has 1 aliphatic rings. The molecular formula is C12H17BrN2S2. The van der Waals surface area contributed by atoms with Gasteiger partial charge < -0.3 is 5.32 Å². The second kappa shape index (κ2) is 5.76.